The van der Waals surface area contributed by atoms with Crippen molar-refractivity contribution < 1.29 is 19.1 Å². The number of carbonyl (C=O) groups excluding carboxylic acids is 2. The molecule has 0 radical (unpaired) electrons. The van der Waals surface area contributed by atoms with Crippen LogP contribution in [0.3, 0.4) is 0 Å². The lowest BCUT2D eigenvalue weighted by atomic mass is 9.92. The van der Waals surface area contributed by atoms with E-state index in [0.717, 1.165) is 5.75 Å². The minimum atomic E-state index is -0.848. The summed E-state index contributed by atoms with van der Waals surface area (Å²) in [7, 11) is 1.33. The van der Waals surface area contributed by atoms with Gasteiger partial charge in [0.05, 0.1) is 31.3 Å². The SMILES string of the molecule is COC(=O)C[C@](C)(NCC(=O)Nc1ccc(Oc2ccccc2)cc1)c1ccccn1. The summed E-state index contributed by atoms with van der Waals surface area (Å²) < 4.78 is 10.6. The number of hydrogen-bond donors (Lipinski definition) is 2. The van der Waals surface area contributed by atoms with Crippen molar-refractivity contribution in [2.75, 3.05) is 19.0 Å². The second-order valence-electron chi connectivity index (χ2n) is 7.14. The lowest BCUT2D eigenvalue weighted by Crippen LogP contribution is -2.45. The van der Waals surface area contributed by atoms with Gasteiger partial charge in [-0.3, -0.25) is 19.9 Å². The zero-order chi connectivity index (χ0) is 22.1. The standard InChI is InChI=1S/C24H25N3O4/c1-24(16-23(29)30-2,21-10-6-7-15-25-21)26-17-22(28)27-18-11-13-20(14-12-18)31-19-8-4-3-5-9-19/h3-15,26H,16-17H2,1-2H3,(H,27,28)/t24-/m0/s1. The Morgan fingerprint density at radius 1 is 0.935 bits per heavy atom. The van der Waals surface area contributed by atoms with Crippen molar-refractivity contribution in [1.29, 1.82) is 0 Å². The number of para-hydroxylation sites is 1. The van der Waals surface area contributed by atoms with E-state index in [1.165, 1.54) is 7.11 Å². The van der Waals surface area contributed by atoms with Crippen LogP contribution in [-0.4, -0.2) is 30.5 Å². The molecule has 0 unspecified atom stereocenters. The number of anilines is 1. The van der Waals surface area contributed by atoms with Gasteiger partial charge in [-0.15, -0.1) is 0 Å². The number of aromatic nitrogens is 1. The summed E-state index contributed by atoms with van der Waals surface area (Å²) in [4.78, 5) is 28.7. The van der Waals surface area contributed by atoms with E-state index in [1.54, 1.807) is 42.6 Å². The van der Waals surface area contributed by atoms with Crippen molar-refractivity contribution in [3.05, 3.63) is 84.7 Å². The Balaban J connectivity index is 1.59. The third kappa shape index (κ3) is 6.38. The molecule has 2 N–H and O–H groups in total. The topological polar surface area (TPSA) is 89.5 Å². The van der Waals surface area contributed by atoms with E-state index in [2.05, 4.69) is 15.6 Å². The summed E-state index contributed by atoms with van der Waals surface area (Å²) in [6.07, 6.45) is 1.69. The summed E-state index contributed by atoms with van der Waals surface area (Å²) in [5.41, 5.74) is 0.439. The molecule has 0 bridgehead atoms. The Bertz CT molecular complexity index is 994. The number of amides is 1. The Morgan fingerprint density at radius 2 is 1.61 bits per heavy atom. The smallest absolute Gasteiger partial charge is 0.307 e. The fraction of sp³-hybridized carbons (Fsp3) is 0.208. The fourth-order valence-electron chi connectivity index (χ4n) is 3.01. The number of methoxy groups -OCH3 is 1. The van der Waals surface area contributed by atoms with E-state index in [4.69, 9.17) is 9.47 Å². The number of rotatable bonds is 9. The molecule has 0 saturated heterocycles. The highest BCUT2D eigenvalue weighted by Gasteiger charge is 2.31. The normalized spacial score (nSPS) is 12.5. The van der Waals surface area contributed by atoms with Crippen molar-refractivity contribution in [1.82, 2.24) is 10.3 Å². The van der Waals surface area contributed by atoms with Gasteiger partial charge in [0.25, 0.3) is 0 Å². The Morgan fingerprint density at radius 3 is 2.26 bits per heavy atom. The number of benzene rings is 2. The molecular formula is C24H25N3O4. The van der Waals surface area contributed by atoms with E-state index in [1.807, 2.05) is 43.3 Å². The van der Waals surface area contributed by atoms with E-state index in [9.17, 15) is 9.59 Å². The number of carbonyl (C=O) groups is 2. The summed E-state index contributed by atoms with van der Waals surface area (Å²) in [5.74, 6) is 0.768. The van der Waals surface area contributed by atoms with Crippen LogP contribution in [0.15, 0.2) is 79.0 Å². The third-order valence-electron chi connectivity index (χ3n) is 4.71. The van der Waals surface area contributed by atoms with E-state index < -0.39 is 11.5 Å². The summed E-state index contributed by atoms with van der Waals surface area (Å²) in [5, 5.41) is 5.97. The molecule has 0 aliphatic carbocycles. The molecule has 0 fully saturated rings. The molecule has 0 aliphatic heterocycles. The molecule has 1 atom stereocenters. The summed E-state index contributed by atoms with van der Waals surface area (Å²) in [6, 6.07) is 22.0. The molecular weight excluding hydrogens is 394 g/mol. The number of esters is 1. The molecule has 1 heterocycles. The van der Waals surface area contributed by atoms with Crippen molar-refractivity contribution in [3.8, 4) is 11.5 Å². The molecule has 7 nitrogen and oxygen atoms in total. The van der Waals surface area contributed by atoms with Crippen LogP contribution in [0.1, 0.15) is 19.0 Å². The lowest BCUT2D eigenvalue weighted by Gasteiger charge is -2.29. The number of ether oxygens (including phenoxy) is 2. The first kappa shape index (κ1) is 22.0. The summed E-state index contributed by atoms with van der Waals surface area (Å²) >= 11 is 0. The molecule has 0 saturated carbocycles. The minimum Gasteiger partial charge on any atom is -0.469 e. The highest BCUT2D eigenvalue weighted by atomic mass is 16.5. The summed E-state index contributed by atoms with van der Waals surface area (Å²) in [6.45, 7) is 1.81. The Labute approximate surface area is 181 Å². The lowest BCUT2D eigenvalue weighted by molar-refractivity contribution is -0.142. The number of hydrogen-bond acceptors (Lipinski definition) is 6. The molecule has 31 heavy (non-hydrogen) atoms. The second kappa shape index (κ2) is 10.4. The molecule has 160 valence electrons. The van der Waals surface area contributed by atoms with Gasteiger partial charge in [-0.1, -0.05) is 24.3 Å². The molecule has 2 aromatic carbocycles. The first-order valence-corrected chi connectivity index (χ1v) is 9.85. The van der Waals surface area contributed by atoms with Crippen LogP contribution in [-0.2, 0) is 19.9 Å². The number of nitrogens with one attached hydrogen (secondary N) is 2. The van der Waals surface area contributed by atoms with Gasteiger partial charge in [0.2, 0.25) is 5.91 Å². The Hall–Kier alpha value is -3.71. The van der Waals surface area contributed by atoms with Crippen LogP contribution >= 0.6 is 0 Å². The second-order valence-corrected chi connectivity index (χ2v) is 7.14. The van der Waals surface area contributed by atoms with Crippen molar-refractivity contribution >= 4 is 17.6 Å². The quantitative estimate of drug-likeness (QED) is 0.512. The van der Waals surface area contributed by atoms with Crippen LogP contribution in [0.5, 0.6) is 11.5 Å². The first-order chi connectivity index (χ1) is 15.0. The highest BCUT2D eigenvalue weighted by molar-refractivity contribution is 5.92. The zero-order valence-electron chi connectivity index (χ0n) is 17.5. The third-order valence-corrected chi connectivity index (χ3v) is 4.71. The average Bonchev–Trinajstić information content (AvgIpc) is 2.80. The number of pyridine rings is 1. The predicted octanol–water partition coefficient (Wildman–Crippen LogP) is 3.88. The van der Waals surface area contributed by atoms with E-state index in [0.29, 0.717) is 17.1 Å². The average molecular weight is 419 g/mol. The van der Waals surface area contributed by atoms with Crippen LogP contribution < -0.4 is 15.4 Å². The largest absolute Gasteiger partial charge is 0.469 e. The van der Waals surface area contributed by atoms with Crippen LogP contribution in [0.2, 0.25) is 0 Å². The maximum absolute atomic E-state index is 12.5. The molecule has 7 heteroatoms. The van der Waals surface area contributed by atoms with Gasteiger partial charge in [0, 0.05) is 11.9 Å². The van der Waals surface area contributed by atoms with E-state index >= 15 is 0 Å². The molecule has 1 aromatic heterocycles. The number of nitrogens with zero attached hydrogens (tertiary/aromatic N) is 1. The molecule has 3 rings (SSSR count). The van der Waals surface area contributed by atoms with E-state index in [-0.39, 0.29) is 18.9 Å². The zero-order valence-corrected chi connectivity index (χ0v) is 17.5. The van der Waals surface area contributed by atoms with Gasteiger partial charge in [0.1, 0.15) is 11.5 Å². The van der Waals surface area contributed by atoms with Gasteiger partial charge in [0.15, 0.2) is 0 Å². The van der Waals surface area contributed by atoms with Gasteiger partial charge in [-0.2, -0.15) is 0 Å². The van der Waals surface area contributed by atoms with Gasteiger partial charge in [-0.25, -0.2) is 0 Å². The molecule has 0 spiro atoms. The monoisotopic (exact) mass is 419 g/mol. The molecule has 3 aromatic rings. The minimum absolute atomic E-state index is 0.00760. The van der Waals surface area contributed by atoms with Gasteiger partial charge >= 0.3 is 5.97 Å². The van der Waals surface area contributed by atoms with Crippen LogP contribution in [0.25, 0.3) is 0 Å². The highest BCUT2D eigenvalue weighted by Crippen LogP contribution is 2.24. The van der Waals surface area contributed by atoms with Gasteiger partial charge in [-0.05, 0) is 55.5 Å². The van der Waals surface area contributed by atoms with Crippen LogP contribution in [0.4, 0.5) is 5.69 Å². The molecule has 0 aliphatic rings. The van der Waals surface area contributed by atoms with Gasteiger partial charge < -0.3 is 14.8 Å². The predicted molar refractivity (Wildman–Crippen MR) is 118 cm³/mol. The molecule has 1 amide bonds. The van der Waals surface area contributed by atoms with Crippen LogP contribution in [0, 0.1) is 0 Å². The van der Waals surface area contributed by atoms with Crippen molar-refractivity contribution in [2.24, 2.45) is 0 Å². The first-order valence-electron chi connectivity index (χ1n) is 9.85. The van der Waals surface area contributed by atoms with Crippen molar-refractivity contribution in [3.63, 3.8) is 0 Å². The fourth-order valence-corrected chi connectivity index (χ4v) is 3.01. The Kier molecular flexibility index (Phi) is 7.35. The maximum atomic E-state index is 12.5. The van der Waals surface area contributed by atoms with Crippen molar-refractivity contribution in [2.45, 2.75) is 18.9 Å². The maximum Gasteiger partial charge on any atom is 0.307 e.